The van der Waals surface area contributed by atoms with Crippen molar-refractivity contribution in [1.29, 1.82) is 0 Å². The van der Waals surface area contributed by atoms with Crippen molar-refractivity contribution < 1.29 is 14.2 Å². The molecule has 0 spiro atoms. The third-order valence-corrected chi connectivity index (χ3v) is 7.58. The van der Waals surface area contributed by atoms with Crippen molar-refractivity contribution >= 4 is 28.6 Å². The lowest BCUT2D eigenvalue weighted by molar-refractivity contribution is 0.122. The predicted octanol–water partition coefficient (Wildman–Crippen LogP) is 1.76. The molecule has 0 bridgehead atoms. The average molecular weight is 507 g/mol. The number of piperidine rings is 1. The zero-order valence-corrected chi connectivity index (χ0v) is 21.5. The first-order valence-electron chi connectivity index (χ1n) is 13.0. The fourth-order valence-corrected chi connectivity index (χ4v) is 5.44. The molecule has 2 aromatic heterocycles. The Hall–Kier alpha value is -3.44. The number of ether oxygens (including phenoxy) is 3. The number of aromatic nitrogens is 4. The SMILES string of the molecule is COc1cc2c(cc1OC)CN(c1ncnc3c(N4CCOCC4)nc(N4CCC(N)CC4)nc13)CC2. The molecule has 0 atom stereocenters. The molecular weight excluding hydrogens is 472 g/mol. The van der Waals surface area contributed by atoms with E-state index >= 15 is 0 Å². The van der Waals surface area contributed by atoms with Crippen LogP contribution in [0.3, 0.4) is 0 Å². The molecule has 2 fully saturated rings. The zero-order valence-electron chi connectivity index (χ0n) is 21.5. The summed E-state index contributed by atoms with van der Waals surface area (Å²) in [7, 11) is 3.34. The van der Waals surface area contributed by atoms with E-state index in [1.54, 1.807) is 20.5 Å². The van der Waals surface area contributed by atoms with Crippen molar-refractivity contribution in [2.45, 2.75) is 31.8 Å². The fraction of sp³-hybridized carbons (Fsp3) is 0.538. The molecular formula is C26H34N8O3. The maximum absolute atomic E-state index is 6.18. The lowest BCUT2D eigenvalue weighted by Gasteiger charge is -2.34. The molecule has 11 nitrogen and oxygen atoms in total. The molecule has 11 heteroatoms. The Labute approximate surface area is 216 Å². The number of fused-ring (bicyclic) bond motifs is 2. The molecule has 2 N–H and O–H groups in total. The summed E-state index contributed by atoms with van der Waals surface area (Å²) < 4.78 is 16.7. The van der Waals surface area contributed by atoms with Crippen molar-refractivity contribution in [3.05, 3.63) is 29.6 Å². The van der Waals surface area contributed by atoms with E-state index in [-0.39, 0.29) is 6.04 Å². The fourth-order valence-electron chi connectivity index (χ4n) is 5.44. The second kappa shape index (κ2) is 10.1. The number of morpholine rings is 1. The number of nitrogens with zero attached hydrogens (tertiary/aromatic N) is 7. The van der Waals surface area contributed by atoms with Gasteiger partial charge in [0.1, 0.15) is 17.4 Å². The Balaban J connectivity index is 1.42. The lowest BCUT2D eigenvalue weighted by Crippen LogP contribution is -2.41. The van der Waals surface area contributed by atoms with Gasteiger partial charge in [0.15, 0.2) is 23.1 Å². The number of anilines is 3. The molecule has 0 saturated carbocycles. The van der Waals surface area contributed by atoms with E-state index in [2.05, 4.69) is 31.8 Å². The molecule has 0 aliphatic carbocycles. The quantitative estimate of drug-likeness (QED) is 0.546. The molecule has 3 aliphatic rings. The van der Waals surface area contributed by atoms with Gasteiger partial charge < -0.3 is 34.6 Å². The highest BCUT2D eigenvalue weighted by atomic mass is 16.5. The number of benzene rings is 1. The Morgan fingerprint density at radius 2 is 1.54 bits per heavy atom. The molecule has 0 amide bonds. The average Bonchev–Trinajstić information content (AvgIpc) is 2.96. The van der Waals surface area contributed by atoms with Crippen molar-refractivity contribution in [3.63, 3.8) is 0 Å². The highest BCUT2D eigenvalue weighted by Gasteiger charge is 2.27. The van der Waals surface area contributed by atoms with E-state index in [0.717, 1.165) is 92.1 Å². The highest BCUT2D eigenvalue weighted by molar-refractivity contribution is 5.94. The van der Waals surface area contributed by atoms with Gasteiger partial charge in [0.05, 0.1) is 27.4 Å². The molecule has 2 saturated heterocycles. The number of hydrogen-bond acceptors (Lipinski definition) is 11. The van der Waals surface area contributed by atoms with Gasteiger partial charge in [-0.1, -0.05) is 0 Å². The minimum absolute atomic E-state index is 0.235. The van der Waals surface area contributed by atoms with Crippen LogP contribution in [0.15, 0.2) is 18.5 Å². The highest BCUT2D eigenvalue weighted by Crippen LogP contribution is 2.36. The Kier molecular flexibility index (Phi) is 6.56. The van der Waals surface area contributed by atoms with Crippen LogP contribution in [0.4, 0.5) is 17.6 Å². The first-order valence-corrected chi connectivity index (χ1v) is 13.0. The van der Waals surface area contributed by atoms with Crippen LogP contribution in [-0.4, -0.2) is 86.1 Å². The van der Waals surface area contributed by atoms with Crippen LogP contribution < -0.4 is 29.9 Å². The number of rotatable bonds is 5. The standard InChI is InChI=1S/C26H34N8O3/c1-35-20-13-17-3-6-34(15-18(17)14-21(20)36-2)24-23-22(28-16-29-24)25(32-9-11-37-12-10-32)31-26(30-23)33-7-4-19(27)5-8-33/h13-14,16,19H,3-12,15,27H2,1-2H3. The van der Waals surface area contributed by atoms with E-state index in [1.807, 2.05) is 0 Å². The smallest absolute Gasteiger partial charge is 0.228 e. The maximum Gasteiger partial charge on any atom is 0.228 e. The lowest BCUT2D eigenvalue weighted by atomic mass is 9.98. The first-order chi connectivity index (χ1) is 18.1. The van der Waals surface area contributed by atoms with Gasteiger partial charge in [-0.3, -0.25) is 0 Å². The van der Waals surface area contributed by atoms with E-state index < -0.39 is 0 Å². The monoisotopic (exact) mass is 506 g/mol. The summed E-state index contributed by atoms with van der Waals surface area (Å²) in [5.41, 5.74) is 10.2. The van der Waals surface area contributed by atoms with E-state index in [9.17, 15) is 0 Å². The second-order valence-corrected chi connectivity index (χ2v) is 9.81. The molecule has 6 rings (SSSR count). The largest absolute Gasteiger partial charge is 0.493 e. The van der Waals surface area contributed by atoms with Gasteiger partial charge >= 0.3 is 0 Å². The third-order valence-electron chi connectivity index (χ3n) is 7.58. The van der Waals surface area contributed by atoms with E-state index in [4.69, 9.17) is 34.9 Å². The Morgan fingerprint density at radius 3 is 2.27 bits per heavy atom. The zero-order chi connectivity index (χ0) is 25.4. The number of hydrogen-bond donors (Lipinski definition) is 1. The topological polar surface area (TPSA) is 115 Å². The third kappa shape index (κ3) is 4.57. The predicted molar refractivity (Wildman–Crippen MR) is 142 cm³/mol. The number of nitrogens with two attached hydrogens (primary N) is 1. The van der Waals surface area contributed by atoms with Crippen LogP contribution >= 0.6 is 0 Å². The van der Waals surface area contributed by atoms with Crippen molar-refractivity contribution in [3.8, 4) is 11.5 Å². The van der Waals surface area contributed by atoms with Crippen molar-refractivity contribution in [1.82, 2.24) is 19.9 Å². The molecule has 1 aromatic carbocycles. The van der Waals surface area contributed by atoms with Gasteiger partial charge in [-0.05, 0) is 42.5 Å². The normalized spacial score (nSPS) is 18.7. The minimum Gasteiger partial charge on any atom is -0.493 e. The van der Waals surface area contributed by atoms with Gasteiger partial charge in [0.2, 0.25) is 5.95 Å². The van der Waals surface area contributed by atoms with Crippen LogP contribution in [0, 0.1) is 0 Å². The Bertz CT molecular complexity index is 1270. The first kappa shape index (κ1) is 23.9. The van der Waals surface area contributed by atoms with Gasteiger partial charge in [0, 0.05) is 45.3 Å². The van der Waals surface area contributed by atoms with Gasteiger partial charge in [-0.15, -0.1) is 0 Å². The number of methoxy groups -OCH3 is 2. The second-order valence-electron chi connectivity index (χ2n) is 9.81. The Morgan fingerprint density at radius 1 is 0.811 bits per heavy atom. The van der Waals surface area contributed by atoms with Crippen LogP contribution in [0.25, 0.3) is 11.0 Å². The van der Waals surface area contributed by atoms with E-state index in [0.29, 0.717) is 19.8 Å². The summed E-state index contributed by atoms with van der Waals surface area (Å²) in [5, 5.41) is 0. The molecule has 0 radical (unpaired) electrons. The summed E-state index contributed by atoms with van der Waals surface area (Å²) in [4.78, 5) is 26.3. The summed E-state index contributed by atoms with van der Waals surface area (Å²) in [6, 6.07) is 4.39. The van der Waals surface area contributed by atoms with Crippen LogP contribution in [0.5, 0.6) is 11.5 Å². The van der Waals surface area contributed by atoms with Gasteiger partial charge in [-0.2, -0.15) is 4.98 Å². The molecule has 37 heavy (non-hydrogen) atoms. The molecule has 5 heterocycles. The van der Waals surface area contributed by atoms with Crippen LogP contribution in [0.2, 0.25) is 0 Å². The maximum atomic E-state index is 6.18. The van der Waals surface area contributed by atoms with Crippen LogP contribution in [0.1, 0.15) is 24.0 Å². The summed E-state index contributed by atoms with van der Waals surface area (Å²) in [6.07, 6.45) is 4.37. The summed E-state index contributed by atoms with van der Waals surface area (Å²) >= 11 is 0. The summed E-state index contributed by atoms with van der Waals surface area (Å²) in [5.74, 6) is 3.90. The van der Waals surface area contributed by atoms with Crippen molar-refractivity contribution in [2.75, 3.05) is 74.9 Å². The summed E-state index contributed by atoms with van der Waals surface area (Å²) in [6.45, 7) is 6.10. The molecule has 196 valence electrons. The van der Waals surface area contributed by atoms with Gasteiger partial charge in [-0.25, -0.2) is 15.0 Å². The van der Waals surface area contributed by atoms with E-state index in [1.165, 1.54) is 11.1 Å². The van der Waals surface area contributed by atoms with Crippen molar-refractivity contribution in [2.24, 2.45) is 5.73 Å². The van der Waals surface area contributed by atoms with Crippen LogP contribution in [-0.2, 0) is 17.7 Å². The molecule has 3 aromatic rings. The van der Waals surface area contributed by atoms with Gasteiger partial charge in [0.25, 0.3) is 0 Å². The minimum atomic E-state index is 0.235. The molecule has 0 unspecified atom stereocenters. The molecule has 3 aliphatic heterocycles.